The van der Waals surface area contributed by atoms with Crippen LogP contribution in [0.3, 0.4) is 0 Å². The number of nitrogens with one attached hydrogen (secondary N) is 1. The Kier molecular flexibility index (Phi) is 2.18. The van der Waals surface area contributed by atoms with Crippen molar-refractivity contribution in [1.82, 2.24) is 15.2 Å². The van der Waals surface area contributed by atoms with Gasteiger partial charge in [0.2, 0.25) is 4.73 Å². The highest BCUT2D eigenvalue weighted by Crippen LogP contribution is 1.99. The number of nitrogens with zero attached hydrogens (tertiary/aromatic N) is 2. The molecule has 4 nitrogen and oxygen atoms in total. The molecule has 0 saturated heterocycles. The summed E-state index contributed by atoms with van der Waals surface area (Å²) in [7, 11) is 0. The van der Waals surface area contributed by atoms with E-state index in [1.54, 1.807) is 0 Å². The molecule has 0 unspecified atom stereocenters. The van der Waals surface area contributed by atoms with Gasteiger partial charge in [-0.15, -0.1) is 5.10 Å². The van der Waals surface area contributed by atoms with Crippen LogP contribution >= 0.6 is 15.9 Å². The number of nitrogens with two attached hydrogens (primary N) is 1. The predicted octanol–water partition coefficient (Wildman–Crippen LogP) is 0.0684. The number of rotatable bonds is 2. The zero-order valence-electron chi connectivity index (χ0n) is 4.76. The molecular formula is C4H7BrN4. The Labute approximate surface area is 61.0 Å². The Hall–Kier alpha value is -0.420. The lowest BCUT2D eigenvalue weighted by Gasteiger charge is -1.85. The van der Waals surface area contributed by atoms with Crippen LogP contribution in [0.15, 0.2) is 4.73 Å². The zero-order valence-corrected chi connectivity index (χ0v) is 6.35. The first-order valence-electron chi connectivity index (χ1n) is 2.60. The van der Waals surface area contributed by atoms with Crippen LogP contribution in [0.5, 0.6) is 0 Å². The molecule has 0 aliphatic carbocycles. The maximum atomic E-state index is 5.27. The van der Waals surface area contributed by atoms with Crippen molar-refractivity contribution >= 4 is 15.9 Å². The Morgan fingerprint density at radius 1 is 1.67 bits per heavy atom. The molecular weight excluding hydrogens is 184 g/mol. The second-order valence-corrected chi connectivity index (χ2v) is 2.30. The molecule has 0 amide bonds. The maximum absolute atomic E-state index is 5.27. The van der Waals surface area contributed by atoms with E-state index in [2.05, 4.69) is 31.1 Å². The van der Waals surface area contributed by atoms with Gasteiger partial charge in [-0.2, -0.15) is 0 Å². The number of halogens is 1. The van der Waals surface area contributed by atoms with E-state index in [4.69, 9.17) is 5.73 Å². The van der Waals surface area contributed by atoms with Gasteiger partial charge in [0.05, 0.1) is 0 Å². The third-order valence-electron chi connectivity index (χ3n) is 0.886. The van der Waals surface area contributed by atoms with Crippen LogP contribution in [0.4, 0.5) is 0 Å². The van der Waals surface area contributed by atoms with E-state index in [-0.39, 0.29) is 0 Å². The number of hydrogen-bond donors (Lipinski definition) is 2. The fraction of sp³-hybridized carbons (Fsp3) is 0.500. The molecule has 0 saturated carbocycles. The van der Waals surface area contributed by atoms with Crippen LogP contribution in [0.1, 0.15) is 5.82 Å². The summed E-state index contributed by atoms with van der Waals surface area (Å²) in [6.07, 6.45) is 0.749. The van der Waals surface area contributed by atoms with E-state index in [1.165, 1.54) is 0 Å². The lowest BCUT2D eigenvalue weighted by Crippen LogP contribution is -2.03. The topological polar surface area (TPSA) is 67.6 Å². The van der Waals surface area contributed by atoms with E-state index < -0.39 is 0 Å². The number of hydrogen-bond acceptors (Lipinski definition) is 3. The Morgan fingerprint density at radius 2 is 2.44 bits per heavy atom. The molecule has 3 N–H and O–H groups in total. The Balaban J connectivity index is 2.61. The number of aromatic nitrogens is 3. The largest absolute Gasteiger partial charge is 0.330 e. The molecule has 1 aromatic heterocycles. The minimum atomic E-state index is 0.589. The quantitative estimate of drug-likeness (QED) is 0.694. The monoisotopic (exact) mass is 190 g/mol. The molecule has 1 heterocycles. The van der Waals surface area contributed by atoms with E-state index in [0.29, 0.717) is 11.3 Å². The van der Waals surface area contributed by atoms with Gasteiger partial charge in [0.15, 0.2) is 0 Å². The molecule has 0 aromatic carbocycles. The van der Waals surface area contributed by atoms with Gasteiger partial charge in [-0.3, -0.25) is 5.10 Å². The van der Waals surface area contributed by atoms with Gasteiger partial charge in [-0.05, 0) is 22.5 Å². The molecule has 0 bridgehead atoms. The van der Waals surface area contributed by atoms with Crippen LogP contribution in [0.25, 0.3) is 0 Å². The summed E-state index contributed by atoms with van der Waals surface area (Å²) in [6, 6.07) is 0. The first-order valence-corrected chi connectivity index (χ1v) is 3.39. The summed E-state index contributed by atoms with van der Waals surface area (Å²) in [5.41, 5.74) is 5.27. The summed E-state index contributed by atoms with van der Waals surface area (Å²) < 4.78 is 0.589. The smallest absolute Gasteiger partial charge is 0.217 e. The molecule has 9 heavy (non-hydrogen) atoms. The zero-order chi connectivity index (χ0) is 6.69. The summed E-state index contributed by atoms with van der Waals surface area (Å²) >= 11 is 3.11. The second kappa shape index (κ2) is 2.93. The minimum absolute atomic E-state index is 0.589. The predicted molar refractivity (Wildman–Crippen MR) is 36.8 cm³/mol. The third kappa shape index (κ3) is 1.76. The summed E-state index contributed by atoms with van der Waals surface area (Å²) in [4.78, 5) is 3.97. The van der Waals surface area contributed by atoms with Crippen molar-refractivity contribution in [2.45, 2.75) is 6.42 Å². The third-order valence-corrected chi connectivity index (χ3v) is 1.24. The average Bonchev–Trinajstić information content (AvgIpc) is 2.17. The number of aromatic amines is 1. The van der Waals surface area contributed by atoms with E-state index in [9.17, 15) is 0 Å². The van der Waals surface area contributed by atoms with Crippen LogP contribution in [-0.2, 0) is 6.42 Å². The molecule has 0 radical (unpaired) electrons. The van der Waals surface area contributed by atoms with Gasteiger partial charge >= 0.3 is 0 Å². The SMILES string of the molecule is NCCc1nc(Br)n[nH]1. The fourth-order valence-electron chi connectivity index (χ4n) is 0.521. The molecule has 1 rings (SSSR count). The number of H-pyrrole nitrogens is 1. The van der Waals surface area contributed by atoms with Crippen molar-refractivity contribution in [3.05, 3.63) is 10.6 Å². The molecule has 0 fully saturated rings. The lowest BCUT2D eigenvalue weighted by molar-refractivity contribution is 0.874. The molecule has 0 atom stereocenters. The molecule has 0 aliphatic heterocycles. The first-order chi connectivity index (χ1) is 4.33. The molecule has 5 heteroatoms. The lowest BCUT2D eigenvalue weighted by atomic mass is 10.4. The Morgan fingerprint density at radius 3 is 2.89 bits per heavy atom. The van der Waals surface area contributed by atoms with E-state index >= 15 is 0 Å². The van der Waals surface area contributed by atoms with Gasteiger partial charge in [0.25, 0.3) is 0 Å². The Bertz CT molecular complexity index is 184. The highest BCUT2D eigenvalue weighted by molar-refractivity contribution is 9.10. The van der Waals surface area contributed by atoms with Crippen molar-refractivity contribution in [2.24, 2.45) is 5.73 Å². The van der Waals surface area contributed by atoms with Crippen LogP contribution in [-0.4, -0.2) is 21.7 Å². The second-order valence-electron chi connectivity index (χ2n) is 1.59. The van der Waals surface area contributed by atoms with Crippen molar-refractivity contribution in [1.29, 1.82) is 0 Å². The van der Waals surface area contributed by atoms with Gasteiger partial charge in [0.1, 0.15) is 5.82 Å². The summed E-state index contributed by atoms with van der Waals surface area (Å²) in [5.74, 6) is 0.823. The van der Waals surface area contributed by atoms with Crippen LogP contribution in [0.2, 0.25) is 0 Å². The standard InChI is InChI=1S/C4H7BrN4/c5-4-7-3(1-2-6)8-9-4/h1-2,6H2,(H,7,8,9). The van der Waals surface area contributed by atoms with Gasteiger partial charge < -0.3 is 5.73 Å². The fourth-order valence-corrected chi connectivity index (χ4v) is 0.823. The average molecular weight is 191 g/mol. The van der Waals surface area contributed by atoms with Crippen molar-refractivity contribution in [3.8, 4) is 0 Å². The molecule has 50 valence electrons. The van der Waals surface area contributed by atoms with Gasteiger partial charge in [0, 0.05) is 6.42 Å². The van der Waals surface area contributed by atoms with Crippen LogP contribution < -0.4 is 5.73 Å². The van der Waals surface area contributed by atoms with E-state index in [1.807, 2.05) is 0 Å². The highest BCUT2D eigenvalue weighted by Gasteiger charge is 1.95. The summed E-state index contributed by atoms with van der Waals surface area (Å²) in [6.45, 7) is 0.599. The molecule has 0 spiro atoms. The molecule has 1 aromatic rings. The molecule has 0 aliphatic rings. The van der Waals surface area contributed by atoms with Crippen molar-refractivity contribution in [3.63, 3.8) is 0 Å². The highest BCUT2D eigenvalue weighted by atomic mass is 79.9. The van der Waals surface area contributed by atoms with Crippen molar-refractivity contribution in [2.75, 3.05) is 6.54 Å². The normalized spacial score (nSPS) is 10.0. The maximum Gasteiger partial charge on any atom is 0.217 e. The minimum Gasteiger partial charge on any atom is -0.330 e. The van der Waals surface area contributed by atoms with Crippen LogP contribution in [0, 0.1) is 0 Å². The summed E-state index contributed by atoms with van der Waals surface area (Å²) in [5, 5.41) is 6.48. The van der Waals surface area contributed by atoms with E-state index in [0.717, 1.165) is 12.2 Å². The first kappa shape index (κ1) is 6.70. The van der Waals surface area contributed by atoms with Gasteiger partial charge in [-0.25, -0.2) is 4.98 Å². The van der Waals surface area contributed by atoms with Gasteiger partial charge in [-0.1, -0.05) is 0 Å². The van der Waals surface area contributed by atoms with Crippen molar-refractivity contribution < 1.29 is 0 Å².